The number of fused-ring (bicyclic) bond motifs is 1. The topological polar surface area (TPSA) is 158 Å². The summed E-state index contributed by atoms with van der Waals surface area (Å²) in [6.45, 7) is 7.10. The molecule has 0 aliphatic rings. The van der Waals surface area contributed by atoms with Gasteiger partial charge in [-0.3, -0.25) is 29.6 Å². The van der Waals surface area contributed by atoms with Crippen LogP contribution in [0.2, 0.25) is 0 Å². The highest BCUT2D eigenvalue weighted by atomic mass is 16.6. The first-order chi connectivity index (χ1) is 18.7. The van der Waals surface area contributed by atoms with Gasteiger partial charge < -0.3 is 9.64 Å². The normalized spacial score (nSPS) is 11.2. The van der Waals surface area contributed by atoms with Crippen LogP contribution in [0.1, 0.15) is 19.7 Å². The highest BCUT2D eigenvalue weighted by molar-refractivity contribution is 5.81. The number of aryl methyl sites for hydroxylation is 1. The number of methoxy groups -OCH3 is 1. The number of hydrogen-bond donors (Lipinski definition) is 0. The van der Waals surface area contributed by atoms with Crippen LogP contribution in [0, 0.1) is 27.2 Å². The second kappa shape index (κ2) is 11.0. The van der Waals surface area contributed by atoms with Crippen molar-refractivity contribution < 1.29 is 14.6 Å². The Bertz CT molecular complexity index is 1680. The molecule has 13 heteroatoms. The van der Waals surface area contributed by atoms with E-state index in [-0.39, 0.29) is 28.2 Å². The molecule has 3 aromatic carbocycles. The van der Waals surface area contributed by atoms with Gasteiger partial charge in [0.15, 0.2) is 5.75 Å². The number of nitrogens with zero attached hydrogens (tertiary/aromatic N) is 7. The Labute approximate surface area is 222 Å². The van der Waals surface area contributed by atoms with Gasteiger partial charge in [0, 0.05) is 37.0 Å². The fourth-order valence-corrected chi connectivity index (χ4v) is 4.21. The summed E-state index contributed by atoms with van der Waals surface area (Å²) >= 11 is 0. The van der Waals surface area contributed by atoms with Crippen LogP contribution in [-0.2, 0) is 0 Å². The summed E-state index contributed by atoms with van der Waals surface area (Å²) in [5.74, 6) is 0.504. The smallest absolute Gasteiger partial charge is 0.273 e. The van der Waals surface area contributed by atoms with E-state index < -0.39 is 15.4 Å². The summed E-state index contributed by atoms with van der Waals surface area (Å²) in [4.78, 5) is 41.7. The molecule has 4 rings (SSSR count). The predicted octanol–water partition coefficient (Wildman–Crippen LogP) is 5.78. The van der Waals surface area contributed by atoms with Crippen molar-refractivity contribution in [3.63, 3.8) is 0 Å². The lowest BCUT2D eigenvalue weighted by molar-refractivity contribution is -0.385. The van der Waals surface area contributed by atoms with Crippen LogP contribution in [0.3, 0.4) is 0 Å². The SMILES string of the molecule is CCN(CC)c1ccc(N=Nc2ccc([N+](=O)[O-])cc2OC)c(-n2c(C)nc3ccc([N+](=O)[O-])cc3c2=O)c1. The fourth-order valence-electron chi connectivity index (χ4n) is 4.21. The molecule has 1 heterocycles. The van der Waals surface area contributed by atoms with Crippen LogP contribution in [-0.4, -0.2) is 39.6 Å². The average molecular weight is 532 g/mol. The molecule has 0 saturated carbocycles. The molecule has 4 aromatic rings. The number of aromatic nitrogens is 2. The van der Waals surface area contributed by atoms with E-state index in [1.165, 1.54) is 48.1 Å². The third kappa shape index (κ3) is 5.28. The van der Waals surface area contributed by atoms with E-state index in [0.717, 1.165) is 5.69 Å². The summed E-state index contributed by atoms with van der Waals surface area (Å²) in [7, 11) is 1.37. The van der Waals surface area contributed by atoms with Crippen molar-refractivity contribution in [1.82, 2.24) is 9.55 Å². The molecule has 13 nitrogen and oxygen atoms in total. The first-order valence-corrected chi connectivity index (χ1v) is 12.0. The minimum Gasteiger partial charge on any atom is -0.494 e. The van der Waals surface area contributed by atoms with Crippen LogP contribution in [0.25, 0.3) is 16.6 Å². The lowest BCUT2D eigenvalue weighted by Crippen LogP contribution is -2.24. The predicted molar refractivity (Wildman–Crippen MR) is 146 cm³/mol. The van der Waals surface area contributed by atoms with E-state index in [2.05, 4.69) is 20.1 Å². The fraction of sp³-hybridized carbons (Fsp3) is 0.231. The molecule has 0 aliphatic carbocycles. The number of rotatable bonds is 9. The number of ether oxygens (including phenoxy) is 1. The molecule has 0 saturated heterocycles. The molecular weight excluding hydrogens is 506 g/mol. The maximum absolute atomic E-state index is 13.7. The van der Waals surface area contributed by atoms with Gasteiger partial charge >= 0.3 is 0 Å². The van der Waals surface area contributed by atoms with Gasteiger partial charge in [0.05, 0.1) is 39.6 Å². The van der Waals surface area contributed by atoms with E-state index in [1.54, 1.807) is 19.1 Å². The molecule has 0 radical (unpaired) electrons. The van der Waals surface area contributed by atoms with E-state index in [9.17, 15) is 25.0 Å². The minimum absolute atomic E-state index is 0.0861. The molecular formula is C26H25N7O6. The summed E-state index contributed by atoms with van der Waals surface area (Å²) in [6, 6.07) is 13.2. The number of nitro benzene ring substituents is 2. The third-order valence-electron chi connectivity index (χ3n) is 6.20. The Hall–Kier alpha value is -5.20. The average Bonchev–Trinajstić information content (AvgIpc) is 2.92. The number of nitro groups is 2. The highest BCUT2D eigenvalue weighted by Gasteiger charge is 2.18. The Morgan fingerprint density at radius 1 is 0.923 bits per heavy atom. The molecule has 0 amide bonds. The van der Waals surface area contributed by atoms with Crippen molar-refractivity contribution in [2.75, 3.05) is 25.1 Å². The minimum atomic E-state index is -0.568. The zero-order chi connectivity index (χ0) is 28.3. The van der Waals surface area contributed by atoms with Crippen molar-refractivity contribution in [2.45, 2.75) is 20.8 Å². The largest absolute Gasteiger partial charge is 0.494 e. The van der Waals surface area contributed by atoms with Gasteiger partial charge in [0.1, 0.15) is 17.2 Å². The van der Waals surface area contributed by atoms with Crippen molar-refractivity contribution in [2.24, 2.45) is 10.2 Å². The van der Waals surface area contributed by atoms with E-state index in [1.807, 2.05) is 19.9 Å². The van der Waals surface area contributed by atoms with Crippen molar-refractivity contribution in [3.8, 4) is 11.4 Å². The molecule has 0 atom stereocenters. The quantitative estimate of drug-likeness (QED) is 0.149. The summed E-state index contributed by atoms with van der Waals surface area (Å²) in [5.41, 5.74) is 1.20. The Balaban J connectivity index is 1.94. The van der Waals surface area contributed by atoms with Crippen molar-refractivity contribution in [3.05, 3.63) is 91.0 Å². The van der Waals surface area contributed by atoms with E-state index in [4.69, 9.17) is 4.74 Å². The molecule has 0 N–H and O–H groups in total. The van der Waals surface area contributed by atoms with Gasteiger partial charge in [-0.25, -0.2) is 4.98 Å². The maximum Gasteiger partial charge on any atom is 0.273 e. The zero-order valence-corrected chi connectivity index (χ0v) is 21.7. The maximum atomic E-state index is 13.7. The Kier molecular flexibility index (Phi) is 7.60. The summed E-state index contributed by atoms with van der Waals surface area (Å²) in [5, 5.41) is 31.2. The first kappa shape index (κ1) is 26.9. The van der Waals surface area contributed by atoms with E-state index in [0.29, 0.717) is 35.8 Å². The van der Waals surface area contributed by atoms with E-state index >= 15 is 0 Å². The van der Waals surface area contributed by atoms with Gasteiger partial charge in [-0.1, -0.05) is 0 Å². The molecule has 0 bridgehead atoms. The second-order valence-electron chi connectivity index (χ2n) is 8.42. The standard InChI is InChI=1S/C26H25N7O6/c1-5-30(6-2)17-7-11-22(28-29-23-12-9-19(33(37)38)15-25(23)39-4)24(14-17)31-16(3)27-21-10-8-18(32(35)36)13-20(21)26(31)34/h7-15H,5-6H2,1-4H3. The van der Waals surface area contributed by atoms with Crippen LogP contribution in [0.4, 0.5) is 28.4 Å². The number of non-ortho nitro benzene ring substituents is 2. The van der Waals surface area contributed by atoms with Gasteiger partial charge in [-0.2, -0.15) is 0 Å². The number of azo groups is 1. The van der Waals surface area contributed by atoms with Gasteiger partial charge in [0.25, 0.3) is 16.9 Å². The lowest BCUT2D eigenvalue weighted by Gasteiger charge is -2.23. The molecule has 200 valence electrons. The van der Waals surface area contributed by atoms with Crippen LogP contribution in [0.5, 0.6) is 5.75 Å². The van der Waals surface area contributed by atoms with Gasteiger partial charge in [-0.05, 0) is 51.1 Å². The molecule has 0 unspecified atom stereocenters. The van der Waals surface area contributed by atoms with Crippen LogP contribution in [0.15, 0.2) is 69.6 Å². The number of benzene rings is 3. The Morgan fingerprint density at radius 3 is 2.18 bits per heavy atom. The second-order valence-corrected chi connectivity index (χ2v) is 8.42. The summed E-state index contributed by atoms with van der Waals surface area (Å²) in [6.07, 6.45) is 0. The highest BCUT2D eigenvalue weighted by Crippen LogP contribution is 2.35. The molecule has 0 spiro atoms. The molecule has 0 aliphatic heterocycles. The monoisotopic (exact) mass is 531 g/mol. The number of hydrogen-bond acceptors (Lipinski definition) is 10. The zero-order valence-electron chi connectivity index (χ0n) is 21.7. The van der Waals surface area contributed by atoms with Gasteiger partial charge in [-0.15, -0.1) is 10.2 Å². The van der Waals surface area contributed by atoms with Crippen molar-refractivity contribution in [1.29, 1.82) is 0 Å². The number of anilines is 1. The molecule has 1 aromatic heterocycles. The van der Waals surface area contributed by atoms with Gasteiger partial charge in [0.2, 0.25) is 0 Å². The Morgan fingerprint density at radius 2 is 1.54 bits per heavy atom. The lowest BCUT2D eigenvalue weighted by atomic mass is 10.2. The third-order valence-corrected chi connectivity index (χ3v) is 6.20. The van der Waals surface area contributed by atoms with Crippen LogP contribution >= 0.6 is 0 Å². The molecule has 0 fully saturated rings. The first-order valence-electron chi connectivity index (χ1n) is 12.0. The van der Waals surface area contributed by atoms with Crippen LogP contribution < -0.4 is 15.2 Å². The molecule has 39 heavy (non-hydrogen) atoms. The summed E-state index contributed by atoms with van der Waals surface area (Å²) < 4.78 is 6.60. The van der Waals surface area contributed by atoms with Crippen molar-refractivity contribution >= 4 is 39.3 Å².